The minimum Gasteiger partial charge on any atom is -0.454 e. The Kier molecular flexibility index (Phi) is 5.50. The number of hydrogen-bond acceptors (Lipinski definition) is 4. The van der Waals surface area contributed by atoms with E-state index in [0.717, 1.165) is 16.6 Å². The van der Waals surface area contributed by atoms with E-state index in [1.54, 1.807) is 31.2 Å². The van der Waals surface area contributed by atoms with Crippen molar-refractivity contribution in [2.45, 2.75) is 32.8 Å². The minimum atomic E-state index is -0.915. The number of aryl methyl sites for hydroxylation is 1. The van der Waals surface area contributed by atoms with E-state index in [2.05, 4.69) is 4.98 Å². The zero-order valence-corrected chi connectivity index (χ0v) is 15.3. The Hall–Kier alpha value is -3.21. The number of benzene rings is 2. The Bertz CT molecular complexity index is 988. The van der Waals surface area contributed by atoms with Gasteiger partial charge in [-0.25, -0.2) is 0 Å². The van der Waals surface area contributed by atoms with Crippen molar-refractivity contribution in [3.63, 3.8) is 0 Å². The number of rotatable bonds is 7. The highest BCUT2D eigenvalue weighted by molar-refractivity contribution is 6.11. The second-order valence-corrected chi connectivity index (χ2v) is 6.46. The summed E-state index contributed by atoms with van der Waals surface area (Å²) in [6, 6.07) is 16.3. The molecule has 0 spiro atoms. The Morgan fingerprint density at radius 1 is 0.963 bits per heavy atom. The molecule has 27 heavy (non-hydrogen) atoms. The maximum Gasteiger partial charge on any atom is 0.306 e. The van der Waals surface area contributed by atoms with Gasteiger partial charge in [0.1, 0.15) is 0 Å². The first kappa shape index (κ1) is 18.6. The number of ether oxygens (including phenoxy) is 1. The van der Waals surface area contributed by atoms with Crippen molar-refractivity contribution in [3.8, 4) is 0 Å². The molecule has 5 heteroatoms. The molecule has 0 amide bonds. The van der Waals surface area contributed by atoms with Gasteiger partial charge in [-0.1, -0.05) is 48.5 Å². The number of carbonyl (C=O) groups excluding carboxylic acids is 3. The smallest absolute Gasteiger partial charge is 0.306 e. The molecule has 0 unspecified atom stereocenters. The lowest BCUT2D eigenvalue weighted by Gasteiger charge is -2.12. The third-order valence-corrected chi connectivity index (χ3v) is 4.47. The molecule has 0 radical (unpaired) electrons. The number of nitrogens with one attached hydrogen (secondary N) is 1. The van der Waals surface area contributed by atoms with Gasteiger partial charge in [0, 0.05) is 34.1 Å². The van der Waals surface area contributed by atoms with Crippen LogP contribution < -0.4 is 0 Å². The molecule has 1 N–H and O–H groups in total. The summed E-state index contributed by atoms with van der Waals surface area (Å²) in [6.45, 7) is 3.38. The van der Waals surface area contributed by atoms with Gasteiger partial charge in [-0.15, -0.1) is 0 Å². The quantitative estimate of drug-likeness (QED) is 0.503. The molecule has 3 rings (SSSR count). The third-order valence-electron chi connectivity index (χ3n) is 4.47. The van der Waals surface area contributed by atoms with E-state index in [9.17, 15) is 14.4 Å². The number of aromatic nitrogens is 1. The summed E-state index contributed by atoms with van der Waals surface area (Å²) in [7, 11) is 0. The summed E-state index contributed by atoms with van der Waals surface area (Å²) >= 11 is 0. The highest BCUT2D eigenvalue weighted by Gasteiger charge is 2.24. The molecule has 3 aromatic rings. The number of carbonyl (C=O) groups is 3. The number of H-pyrrole nitrogens is 1. The zero-order valence-electron chi connectivity index (χ0n) is 15.3. The average molecular weight is 363 g/mol. The molecule has 0 bridgehead atoms. The first-order valence-corrected chi connectivity index (χ1v) is 8.86. The Morgan fingerprint density at radius 3 is 2.37 bits per heavy atom. The lowest BCUT2D eigenvalue weighted by atomic mass is 10.0. The zero-order chi connectivity index (χ0) is 19.4. The van der Waals surface area contributed by atoms with Crippen LogP contribution in [0.15, 0.2) is 54.6 Å². The van der Waals surface area contributed by atoms with Crippen LogP contribution in [0, 0.1) is 6.92 Å². The van der Waals surface area contributed by atoms with Crippen LogP contribution in [0.2, 0.25) is 0 Å². The van der Waals surface area contributed by atoms with Crippen LogP contribution in [0.1, 0.15) is 46.2 Å². The second-order valence-electron chi connectivity index (χ2n) is 6.46. The number of hydrogen-bond donors (Lipinski definition) is 1. The molecule has 0 aliphatic rings. The van der Waals surface area contributed by atoms with Crippen molar-refractivity contribution in [2.24, 2.45) is 0 Å². The van der Waals surface area contributed by atoms with Gasteiger partial charge in [0.05, 0.1) is 6.42 Å². The summed E-state index contributed by atoms with van der Waals surface area (Å²) in [5.41, 5.74) is 2.70. The average Bonchev–Trinajstić information content (AvgIpc) is 3.01. The van der Waals surface area contributed by atoms with E-state index in [1.807, 2.05) is 37.3 Å². The fraction of sp³-hybridized carbons (Fsp3) is 0.227. The van der Waals surface area contributed by atoms with E-state index >= 15 is 0 Å². The first-order valence-electron chi connectivity index (χ1n) is 8.86. The van der Waals surface area contributed by atoms with Gasteiger partial charge in [-0.05, 0) is 19.9 Å². The third kappa shape index (κ3) is 4.14. The molecule has 2 aromatic carbocycles. The van der Waals surface area contributed by atoms with E-state index in [1.165, 1.54) is 0 Å². The Balaban J connectivity index is 1.61. The van der Waals surface area contributed by atoms with Gasteiger partial charge in [0.2, 0.25) is 5.78 Å². The molecule has 5 nitrogen and oxygen atoms in total. The van der Waals surface area contributed by atoms with Crippen LogP contribution >= 0.6 is 0 Å². The topological polar surface area (TPSA) is 76.2 Å². The van der Waals surface area contributed by atoms with Gasteiger partial charge in [0.15, 0.2) is 11.9 Å². The number of Topliss-reactive ketones (excluding diaryl/α,β-unsaturated/α-hetero) is 2. The van der Waals surface area contributed by atoms with Crippen LogP contribution in [-0.2, 0) is 9.53 Å². The van der Waals surface area contributed by atoms with Crippen LogP contribution in [0.3, 0.4) is 0 Å². The SMILES string of the molecule is Cc1[nH]c2ccccc2c1C(=O)[C@H](C)OC(=O)CCC(=O)c1ccccc1. The monoisotopic (exact) mass is 363 g/mol. The van der Waals surface area contributed by atoms with Crippen molar-refractivity contribution in [1.82, 2.24) is 4.98 Å². The molecule has 1 aromatic heterocycles. The fourth-order valence-corrected chi connectivity index (χ4v) is 3.09. The maximum absolute atomic E-state index is 12.8. The molecular weight excluding hydrogens is 342 g/mol. The normalized spacial score (nSPS) is 11.9. The molecular formula is C22H21NO4. The fourth-order valence-electron chi connectivity index (χ4n) is 3.09. The predicted molar refractivity (Wildman–Crippen MR) is 103 cm³/mol. The van der Waals surface area contributed by atoms with E-state index in [4.69, 9.17) is 4.74 Å². The van der Waals surface area contributed by atoms with E-state index in [-0.39, 0.29) is 24.4 Å². The number of esters is 1. The highest BCUT2D eigenvalue weighted by Crippen LogP contribution is 2.24. The molecule has 0 saturated carbocycles. The summed E-state index contributed by atoms with van der Waals surface area (Å²) in [5, 5.41) is 0.808. The van der Waals surface area contributed by atoms with Crippen molar-refractivity contribution >= 4 is 28.4 Å². The Morgan fingerprint density at radius 2 is 1.63 bits per heavy atom. The van der Waals surface area contributed by atoms with Gasteiger partial charge in [-0.3, -0.25) is 14.4 Å². The largest absolute Gasteiger partial charge is 0.454 e. The van der Waals surface area contributed by atoms with Gasteiger partial charge >= 0.3 is 5.97 Å². The summed E-state index contributed by atoms with van der Waals surface area (Å²) in [5.74, 6) is -0.940. The lowest BCUT2D eigenvalue weighted by molar-refractivity contribution is -0.146. The van der Waals surface area contributed by atoms with Crippen LogP contribution in [0.5, 0.6) is 0 Å². The maximum atomic E-state index is 12.8. The number of fused-ring (bicyclic) bond motifs is 1. The molecule has 0 fully saturated rings. The minimum absolute atomic E-state index is 0.0515. The Labute approximate surface area is 157 Å². The van der Waals surface area contributed by atoms with Crippen molar-refractivity contribution in [1.29, 1.82) is 0 Å². The van der Waals surface area contributed by atoms with Gasteiger partial charge < -0.3 is 9.72 Å². The van der Waals surface area contributed by atoms with Crippen molar-refractivity contribution < 1.29 is 19.1 Å². The molecule has 0 aliphatic heterocycles. The van der Waals surface area contributed by atoms with Crippen LogP contribution in [0.25, 0.3) is 10.9 Å². The first-order chi connectivity index (χ1) is 13.0. The predicted octanol–water partition coefficient (Wildman–Crippen LogP) is 4.25. The van der Waals surface area contributed by atoms with Gasteiger partial charge in [-0.2, -0.15) is 0 Å². The lowest BCUT2D eigenvalue weighted by Crippen LogP contribution is -2.25. The number of aromatic amines is 1. The van der Waals surface area contributed by atoms with Crippen molar-refractivity contribution in [2.75, 3.05) is 0 Å². The number of para-hydroxylation sites is 1. The molecule has 138 valence electrons. The molecule has 0 aliphatic carbocycles. The number of ketones is 2. The van der Waals surface area contributed by atoms with Crippen LogP contribution in [0.4, 0.5) is 0 Å². The van der Waals surface area contributed by atoms with Crippen LogP contribution in [-0.4, -0.2) is 28.6 Å². The van der Waals surface area contributed by atoms with E-state index < -0.39 is 12.1 Å². The summed E-state index contributed by atoms with van der Waals surface area (Å²) in [4.78, 5) is 40.1. The summed E-state index contributed by atoms with van der Waals surface area (Å²) in [6.07, 6.45) is -0.920. The highest BCUT2D eigenvalue weighted by atomic mass is 16.5. The molecule has 1 atom stereocenters. The van der Waals surface area contributed by atoms with E-state index in [0.29, 0.717) is 11.1 Å². The summed E-state index contributed by atoms with van der Waals surface area (Å²) < 4.78 is 5.27. The second kappa shape index (κ2) is 7.99. The molecule has 1 heterocycles. The standard InChI is InChI=1S/C22H21NO4/c1-14-21(17-10-6-7-11-18(17)23-14)22(26)15(2)27-20(25)13-12-19(24)16-8-4-3-5-9-16/h3-11,15,23H,12-13H2,1-2H3/t15-/m0/s1. The molecule has 0 saturated heterocycles. The van der Waals surface area contributed by atoms with Crippen molar-refractivity contribution in [3.05, 3.63) is 71.4 Å². The van der Waals surface area contributed by atoms with Gasteiger partial charge in [0.25, 0.3) is 0 Å².